The van der Waals surface area contributed by atoms with Crippen LogP contribution in [-0.4, -0.2) is 17.7 Å². The van der Waals surface area contributed by atoms with Crippen molar-refractivity contribution in [3.05, 3.63) is 17.5 Å². The molecule has 0 aliphatic heterocycles. The van der Waals surface area contributed by atoms with Gasteiger partial charge in [-0.3, -0.25) is 0 Å². The molecule has 0 unspecified atom stereocenters. The van der Waals surface area contributed by atoms with Crippen LogP contribution in [0.25, 0.3) is 0 Å². The minimum atomic E-state index is 0. The second-order valence-corrected chi connectivity index (χ2v) is 5.21. The van der Waals surface area contributed by atoms with Gasteiger partial charge < -0.3 is 15.6 Å². The molecule has 1 heterocycles. The van der Waals surface area contributed by atoms with Crippen molar-refractivity contribution in [2.45, 2.75) is 53.0 Å². The zero-order valence-corrected chi connectivity index (χ0v) is 15.2. The third-order valence-electron chi connectivity index (χ3n) is 3.08. The normalized spacial score (nSPS) is 11.8. The molecule has 0 aliphatic rings. The Bertz CT molecular complexity index is 400. The summed E-state index contributed by atoms with van der Waals surface area (Å²) in [4.78, 5) is 4.24. The number of hydrogen-bond acceptors (Lipinski definition) is 3. The molecule has 5 nitrogen and oxygen atoms in total. The average Bonchev–Trinajstić information content (AvgIpc) is 2.84. The van der Waals surface area contributed by atoms with Gasteiger partial charge in [0.25, 0.3) is 0 Å². The number of aromatic nitrogens is 1. The maximum atomic E-state index is 5.77. The van der Waals surface area contributed by atoms with Gasteiger partial charge in [0, 0.05) is 18.5 Å². The third kappa shape index (κ3) is 6.58. The topological polar surface area (TPSA) is 76.4 Å². The second kappa shape index (κ2) is 10.0. The number of guanidine groups is 1. The van der Waals surface area contributed by atoms with Crippen LogP contribution >= 0.6 is 24.0 Å². The number of hydrogen-bond donors (Lipinski definition) is 2. The van der Waals surface area contributed by atoms with Crippen molar-refractivity contribution in [1.82, 2.24) is 10.5 Å². The van der Waals surface area contributed by atoms with Crippen LogP contribution in [-0.2, 0) is 6.54 Å². The molecule has 0 amide bonds. The van der Waals surface area contributed by atoms with Gasteiger partial charge in [-0.15, -0.1) is 24.0 Å². The second-order valence-electron chi connectivity index (χ2n) is 5.21. The highest BCUT2D eigenvalue weighted by Gasteiger charge is 2.12. The summed E-state index contributed by atoms with van der Waals surface area (Å²) in [6.45, 7) is 9.83. The Labute approximate surface area is 138 Å². The molecule has 20 heavy (non-hydrogen) atoms. The largest absolute Gasteiger partial charge is 0.370 e. The number of nitrogens with two attached hydrogens (primary N) is 1. The number of aliphatic imine (C=N–C) groups is 1. The van der Waals surface area contributed by atoms with Crippen LogP contribution in [0.15, 0.2) is 15.6 Å². The maximum absolute atomic E-state index is 5.77. The molecule has 6 heteroatoms. The quantitative estimate of drug-likeness (QED) is 0.423. The molecule has 1 aromatic rings. The summed E-state index contributed by atoms with van der Waals surface area (Å²) in [6.07, 6.45) is 2.15. The summed E-state index contributed by atoms with van der Waals surface area (Å²) < 4.78 is 5.28. The Morgan fingerprint density at radius 2 is 2.05 bits per heavy atom. The van der Waals surface area contributed by atoms with E-state index in [9.17, 15) is 0 Å². The van der Waals surface area contributed by atoms with Crippen LogP contribution in [0.3, 0.4) is 0 Å². The van der Waals surface area contributed by atoms with E-state index in [2.05, 4.69) is 43.2 Å². The van der Waals surface area contributed by atoms with Gasteiger partial charge in [0.1, 0.15) is 6.54 Å². The maximum Gasteiger partial charge on any atom is 0.189 e. The number of rotatable bonds is 7. The molecule has 0 saturated carbocycles. The molecule has 0 atom stereocenters. The van der Waals surface area contributed by atoms with Gasteiger partial charge in [-0.25, -0.2) is 4.99 Å². The van der Waals surface area contributed by atoms with Crippen LogP contribution < -0.4 is 11.1 Å². The standard InChI is InChI=1S/C14H26N4O.HI/c1-5-11(6-2)13-7-12(19-18-13)9-17-14(15)16-8-10(3)4;/h7,10-11H,5-6,8-9H2,1-4H3,(H3,15,16,17);1H. The smallest absolute Gasteiger partial charge is 0.189 e. The van der Waals surface area contributed by atoms with Crippen LogP contribution in [0.2, 0.25) is 0 Å². The molecule has 0 radical (unpaired) electrons. The van der Waals surface area contributed by atoms with Crippen molar-refractivity contribution >= 4 is 29.9 Å². The van der Waals surface area contributed by atoms with Crippen LogP contribution in [0.4, 0.5) is 0 Å². The molecule has 0 spiro atoms. The van der Waals surface area contributed by atoms with Gasteiger partial charge in [0.2, 0.25) is 0 Å². The number of halogens is 1. The summed E-state index contributed by atoms with van der Waals surface area (Å²) >= 11 is 0. The molecule has 3 N–H and O–H groups in total. The van der Waals surface area contributed by atoms with E-state index in [0.717, 1.165) is 30.8 Å². The molecular formula is C14H27IN4O. The van der Waals surface area contributed by atoms with Crippen molar-refractivity contribution in [1.29, 1.82) is 0 Å². The lowest BCUT2D eigenvalue weighted by Crippen LogP contribution is -2.34. The summed E-state index contributed by atoms with van der Waals surface area (Å²) in [7, 11) is 0. The molecule has 0 saturated heterocycles. The fraction of sp³-hybridized carbons (Fsp3) is 0.714. The van der Waals surface area contributed by atoms with Gasteiger partial charge >= 0.3 is 0 Å². The monoisotopic (exact) mass is 394 g/mol. The highest BCUT2D eigenvalue weighted by Crippen LogP contribution is 2.22. The zero-order valence-electron chi connectivity index (χ0n) is 12.8. The van der Waals surface area contributed by atoms with Crippen LogP contribution in [0.1, 0.15) is 57.9 Å². The van der Waals surface area contributed by atoms with Gasteiger partial charge in [0.15, 0.2) is 11.7 Å². The third-order valence-corrected chi connectivity index (χ3v) is 3.08. The molecule has 0 aromatic carbocycles. The van der Waals surface area contributed by atoms with E-state index in [1.165, 1.54) is 0 Å². The Hall–Kier alpha value is -0.790. The van der Waals surface area contributed by atoms with E-state index in [1.54, 1.807) is 0 Å². The van der Waals surface area contributed by atoms with Crippen molar-refractivity contribution in [3.8, 4) is 0 Å². The number of nitrogens with one attached hydrogen (secondary N) is 1. The molecule has 0 aliphatic carbocycles. The minimum Gasteiger partial charge on any atom is -0.370 e. The van der Waals surface area contributed by atoms with Gasteiger partial charge in [-0.05, 0) is 18.8 Å². The first kappa shape index (κ1) is 19.2. The van der Waals surface area contributed by atoms with Crippen molar-refractivity contribution in [2.75, 3.05) is 6.54 Å². The molecular weight excluding hydrogens is 367 g/mol. The lowest BCUT2D eigenvalue weighted by Gasteiger charge is -2.07. The van der Waals surface area contributed by atoms with Crippen molar-refractivity contribution in [3.63, 3.8) is 0 Å². The molecule has 0 bridgehead atoms. The van der Waals surface area contributed by atoms with Crippen LogP contribution in [0, 0.1) is 5.92 Å². The molecule has 116 valence electrons. The lowest BCUT2D eigenvalue weighted by atomic mass is 9.99. The van der Waals surface area contributed by atoms with E-state index < -0.39 is 0 Å². The Morgan fingerprint density at radius 3 is 2.60 bits per heavy atom. The van der Waals surface area contributed by atoms with Crippen molar-refractivity contribution < 1.29 is 4.52 Å². The van der Waals surface area contributed by atoms with Gasteiger partial charge in [-0.2, -0.15) is 0 Å². The lowest BCUT2D eigenvalue weighted by molar-refractivity contribution is 0.372. The molecule has 1 rings (SSSR count). The minimum absolute atomic E-state index is 0. The first-order valence-electron chi connectivity index (χ1n) is 7.06. The average molecular weight is 394 g/mol. The van der Waals surface area contributed by atoms with E-state index >= 15 is 0 Å². The number of nitrogens with zero attached hydrogens (tertiary/aromatic N) is 2. The molecule has 1 aromatic heterocycles. The first-order valence-corrected chi connectivity index (χ1v) is 7.06. The Kier molecular flexibility index (Phi) is 9.62. The van der Waals surface area contributed by atoms with E-state index in [4.69, 9.17) is 10.3 Å². The summed E-state index contributed by atoms with van der Waals surface area (Å²) in [5.74, 6) is 2.23. The van der Waals surface area contributed by atoms with Gasteiger partial charge in [0.05, 0.1) is 5.69 Å². The first-order chi connectivity index (χ1) is 9.06. The fourth-order valence-electron chi connectivity index (χ4n) is 1.83. The van der Waals surface area contributed by atoms with E-state index in [0.29, 0.717) is 24.3 Å². The summed E-state index contributed by atoms with van der Waals surface area (Å²) in [5.41, 5.74) is 6.78. The Balaban J connectivity index is 0.00000361. The predicted molar refractivity (Wildman–Crippen MR) is 93.4 cm³/mol. The summed E-state index contributed by atoms with van der Waals surface area (Å²) in [5, 5.41) is 7.17. The van der Waals surface area contributed by atoms with E-state index in [-0.39, 0.29) is 24.0 Å². The zero-order chi connectivity index (χ0) is 14.3. The fourth-order valence-corrected chi connectivity index (χ4v) is 1.83. The van der Waals surface area contributed by atoms with Crippen molar-refractivity contribution in [2.24, 2.45) is 16.6 Å². The highest BCUT2D eigenvalue weighted by atomic mass is 127. The SMILES string of the molecule is CCC(CC)c1cc(CN=C(N)NCC(C)C)on1.I. The van der Waals surface area contributed by atoms with Gasteiger partial charge in [-0.1, -0.05) is 32.9 Å². The predicted octanol–water partition coefficient (Wildman–Crippen LogP) is 3.26. The summed E-state index contributed by atoms with van der Waals surface area (Å²) in [6, 6.07) is 1.98. The van der Waals surface area contributed by atoms with E-state index in [1.807, 2.05) is 6.07 Å². The van der Waals surface area contributed by atoms with Crippen LogP contribution in [0.5, 0.6) is 0 Å². The highest BCUT2D eigenvalue weighted by molar-refractivity contribution is 14.0. The molecule has 0 fully saturated rings. The Morgan fingerprint density at radius 1 is 1.40 bits per heavy atom.